The van der Waals surface area contributed by atoms with Crippen LogP contribution in [-0.2, 0) is 11.3 Å². The normalized spacial score (nSPS) is 16.2. The van der Waals surface area contributed by atoms with Crippen molar-refractivity contribution in [2.24, 2.45) is 0 Å². The van der Waals surface area contributed by atoms with Crippen molar-refractivity contribution in [3.8, 4) is 0 Å². The Hall–Kier alpha value is -2.33. The van der Waals surface area contributed by atoms with Crippen LogP contribution in [0.1, 0.15) is 40.0 Å². The molecule has 1 N–H and O–H groups in total. The number of hydrogen-bond acceptors (Lipinski definition) is 2. The number of likely N-dealkylation sites (N-methyl/N-ethyl adjacent to an activating group) is 1. The van der Waals surface area contributed by atoms with E-state index in [9.17, 15) is 9.59 Å². The second-order valence-corrected chi connectivity index (χ2v) is 6.22. The van der Waals surface area contributed by atoms with Gasteiger partial charge in [0, 0.05) is 23.7 Å². The van der Waals surface area contributed by atoms with Gasteiger partial charge in [0.05, 0.1) is 0 Å². The first kappa shape index (κ1) is 16.5. The quantitative estimate of drug-likeness (QED) is 0.924. The van der Waals surface area contributed by atoms with E-state index in [1.54, 1.807) is 11.0 Å². The minimum Gasteiger partial charge on any atom is -0.350 e. The zero-order chi connectivity index (χ0) is 17.3. The van der Waals surface area contributed by atoms with Crippen molar-refractivity contribution >= 4 is 23.4 Å². The molecule has 0 saturated heterocycles. The zero-order valence-corrected chi connectivity index (χ0v) is 14.4. The van der Waals surface area contributed by atoms with Crippen molar-refractivity contribution in [2.45, 2.75) is 26.4 Å². The SMILES string of the molecule is CCN1C(=O)c2ccccc2C1C(=O)NCc1cccc(C)c1Cl. The number of aryl methyl sites for hydroxylation is 1. The number of rotatable bonds is 4. The van der Waals surface area contributed by atoms with Crippen LogP contribution in [0.4, 0.5) is 0 Å². The summed E-state index contributed by atoms with van der Waals surface area (Å²) in [4.78, 5) is 26.8. The monoisotopic (exact) mass is 342 g/mol. The summed E-state index contributed by atoms with van der Waals surface area (Å²) in [5.41, 5.74) is 3.20. The van der Waals surface area contributed by atoms with Crippen molar-refractivity contribution in [2.75, 3.05) is 6.54 Å². The molecule has 3 rings (SSSR count). The van der Waals surface area contributed by atoms with E-state index in [1.165, 1.54) is 0 Å². The Balaban J connectivity index is 1.82. The van der Waals surface area contributed by atoms with Gasteiger partial charge in [-0.1, -0.05) is 48.0 Å². The second kappa shape index (κ2) is 6.65. The summed E-state index contributed by atoms with van der Waals surface area (Å²) in [6, 6.07) is 12.4. The van der Waals surface area contributed by atoms with Gasteiger partial charge in [-0.2, -0.15) is 0 Å². The third kappa shape index (κ3) is 2.78. The van der Waals surface area contributed by atoms with Gasteiger partial charge in [0.25, 0.3) is 5.91 Å². The van der Waals surface area contributed by atoms with Crippen LogP contribution in [0.5, 0.6) is 0 Å². The first-order chi connectivity index (χ1) is 11.5. The number of fused-ring (bicyclic) bond motifs is 1. The molecule has 0 aromatic heterocycles. The Labute approximate surface area is 146 Å². The van der Waals surface area contributed by atoms with E-state index in [-0.39, 0.29) is 11.8 Å². The van der Waals surface area contributed by atoms with Crippen LogP contribution < -0.4 is 5.32 Å². The summed E-state index contributed by atoms with van der Waals surface area (Å²) in [6.45, 7) is 4.63. The Bertz CT molecular complexity index is 804. The molecule has 2 amide bonds. The van der Waals surface area contributed by atoms with Gasteiger partial charge in [0.1, 0.15) is 6.04 Å². The van der Waals surface area contributed by atoms with E-state index in [1.807, 2.05) is 50.2 Å². The minimum absolute atomic E-state index is 0.0955. The van der Waals surface area contributed by atoms with Crippen LogP contribution in [0, 0.1) is 6.92 Å². The molecule has 1 atom stereocenters. The number of halogens is 1. The summed E-state index contributed by atoms with van der Waals surface area (Å²) < 4.78 is 0. The topological polar surface area (TPSA) is 49.4 Å². The van der Waals surface area contributed by atoms with Crippen LogP contribution in [-0.4, -0.2) is 23.3 Å². The van der Waals surface area contributed by atoms with E-state index >= 15 is 0 Å². The van der Waals surface area contributed by atoms with Gasteiger partial charge in [-0.15, -0.1) is 0 Å². The largest absolute Gasteiger partial charge is 0.350 e. The molecule has 1 unspecified atom stereocenters. The molecule has 5 heteroatoms. The Kier molecular flexibility index (Phi) is 4.58. The number of nitrogens with zero attached hydrogens (tertiary/aromatic N) is 1. The van der Waals surface area contributed by atoms with Crippen LogP contribution in [0.15, 0.2) is 42.5 Å². The van der Waals surface area contributed by atoms with Gasteiger partial charge >= 0.3 is 0 Å². The highest BCUT2D eigenvalue weighted by molar-refractivity contribution is 6.32. The van der Waals surface area contributed by atoms with Crippen molar-refractivity contribution in [1.82, 2.24) is 10.2 Å². The highest BCUT2D eigenvalue weighted by Gasteiger charge is 2.39. The zero-order valence-electron chi connectivity index (χ0n) is 13.7. The molecule has 2 aromatic carbocycles. The molecule has 0 fully saturated rings. The predicted octanol–water partition coefficient (Wildman–Crippen LogP) is 3.48. The maximum atomic E-state index is 12.7. The predicted molar refractivity (Wildman–Crippen MR) is 93.9 cm³/mol. The van der Waals surface area contributed by atoms with E-state index in [2.05, 4.69) is 5.32 Å². The van der Waals surface area contributed by atoms with Crippen LogP contribution >= 0.6 is 11.6 Å². The van der Waals surface area contributed by atoms with E-state index in [0.29, 0.717) is 23.7 Å². The molecule has 2 aromatic rings. The Morgan fingerprint density at radius 1 is 1.21 bits per heavy atom. The van der Waals surface area contributed by atoms with Gasteiger partial charge in [-0.05, 0) is 36.6 Å². The lowest BCUT2D eigenvalue weighted by atomic mass is 10.0. The van der Waals surface area contributed by atoms with Crippen LogP contribution in [0.2, 0.25) is 5.02 Å². The molecule has 0 radical (unpaired) electrons. The van der Waals surface area contributed by atoms with Crippen molar-refractivity contribution in [1.29, 1.82) is 0 Å². The molecule has 0 aliphatic carbocycles. The fourth-order valence-corrected chi connectivity index (χ4v) is 3.30. The third-order valence-electron chi connectivity index (χ3n) is 4.37. The van der Waals surface area contributed by atoms with Gasteiger partial charge in [0.2, 0.25) is 5.91 Å². The van der Waals surface area contributed by atoms with Crippen molar-refractivity contribution in [3.05, 3.63) is 69.7 Å². The molecule has 1 aliphatic heterocycles. The molecule has 0 bridgehead atoms. The molecule has 1 aliphatic rings. The summed E-state index contributed by atoms with van der Waals surface area (Å²) in [6.07, 6.45) is 0. The van der Waals surface area contributed by atoms with Crippen LogP contribution in [0.3, 0.4) is 0 Å². The number of nitrogens with one attached hydrogen (secondary N) is 1. The summed E-state index contributed by atoms with van der Waals surface area (Å²) >= 11 is 6.28. The molecular formula is C19H19ClN2O2. The average molecular weight is 343 g/mol. The minimum atomic E-state index is -0.581. The molecule has 124 valence electrons. The van der Waals surface area contributed by atoms with E-state index in [0.717, 1.165) is 16.7 Å². The molecule has 4 nitrogen and oxygen atoms in total. The van der Waals surface area contributed by atoms with Gasteiger partial charge in [0.15, 0.2) is 0 Å². The Morgan fingerprint density at radius 3 is 2.71 bits per heavy atom. The number of benzene rings is 2. The molecule has 0 spiro atoms. The fourth-order valence-electron chi connectivity index (χ4n) is 3.10. The maximum absolute atomic E-state index is 12.7. The highest BCUT2D eigenvalue weighted by atomic mass is 35.5. The highest BCUT2D eigenvalue weighted by Crippen LogP contribution is 2.33. The Morgan fingerprint density at radius 2 is 1.96 bits per heavy atom. The van der Waals surface area contributed by atoms with Crippen LogP contribution in [0.25, 0.3) is 0 Å². The lowest BCUT2D eigenvalue weighted by Gasteiger charge is -2.23. The summed E-state index contributed by atoms with van der Waals surface area (Å²) in [7, 11) is 0. The summed E-state index contributed by atoms with van der Waals surface area (Å²) in [5, 5.41) is 3.58. The maximum Gasteiger partial charge on any atom is 0.255 e. The fraction of sp³-hybridized carbons (Fsp3) is 0.263. The van der Waals surface area contributed by atoms with Gasteiger partial charge in [-0.3, -0.25) is 9.59 Å². The molecule has 1 heterocycles. The number of carbonyl (C=O) groups is 2. The lowest BCUT2D eigenvalue weighted by Crippen LogP contribution is -2.38. The number of hydrogen-bond donors (Lipinski definition) is 1. The van der Waals surface area contributed by atoms with Crippen molar-refractivity contribution < 1.29 is 9.59 Å². The van der Waals surface area contributed by atoms with Gasteiger partial charge in [-0.25, -0.2) is 0 Å². The first-order valence-corrected chi connectivity index (χ1v) is 8.34. The number of amides is 2. The smallest absolute Gasteiger partial charge is 0.255 e. The lowest BCUT2D eigenvalue weighted by molar-refractivity contribution is -0.125. The second-order valence-electron chi connectivity index (χ2n) is 5.85. The van der Waals surface area contributed by atoms with E-state index in [4.69, 9.17) is 11.6 Å². The summed E-state index contributed by atoms with van der Waals surface area (Å²) in [5.74, 6) is -0.283. The first-order valence-electron chi connectivity index (χ1n) is 7.96. The van der Waals surface area contributed by atoms with E-state index < -0.39 is 6.04 Å². The standard InChI is InChI=1S/C19H19ClN2O2/c1-3-22-17(14-9-4-5-10-15(14)19(22)24)18(23)21-11-13-8-6-7-12(2)16(13)20/h4-10,17H,3,11H2,1-2H3,(H,21,23). The van der Waals surface area contributed by atoms with Gasteiger partial charge < -0.3 is 10.2 Å². The average Bonchev–Trinajstić information content (AvgIpc) is 2.88. The van der Waals surface area contributed by atoms with Crippen molar-refractivity contribution in [3.63, 3.8) is 0 Å². The molecule has 0 saturated carbocycles. The molecular weight excluding hydrogens is 324 g/mol. The molecule has 24 heavy (non-hydrogen) atoms. The number of carbonyl (C=O) groups excluding carboxylic acids is 2. The third-order valence-corrected chi connectivity index (χ3v) is 4.91.